The molecule has 1 aliphatic heterocycles. The number of unbranched alkanes of at least 4 members (excludes halogenated alkanes) is 3. The summed E-state index contributed by atoms with van der Waals surface area (Å²) in [7, 11) is -0.572. The van der Waals surface area contributed by atoms with Crippen LogP contribution in [-0.4, -0.2) is 46.3 Å². The lowest BCUT2D eigenvalue weighted by Gasteiger charge is -2.35. The minimum Gasteiger partial charge on any atom is -0.373 e. The molecule has 1 heterocycles. The van der Waals surface area contributed by atoms with Crippen molar-refractivity contribution in [2.24, 2.45) is 0 Å². The van der Waals surface area contributed by atoms with Crippen LogP contribution < -0.4 is 5.19 Å². The van der Waals surface area contributed by atoms with Gasteiger partial charge >= 0.3 is 6.18 Å². The molecule has 0 N–H and O–H groups in total. The largest absolute Gasteiger partial charge is 0.416 e. The van der Waals surface area contributed by atoms with Crippen LogP contribution in [0.1, 0.15) is 51.5 Å². The minimum atomic E-state index is -4.25. The van der Waals surface area contributed by atoms with E-state index in [2.05, 4.69) is 25.3 Å². The zero-order valence-corrected chi connectivity index (χ0v) is 18.6. The summed E-state index contributed by atoms with van der Waals surface area (Å²) < 4.78 is 43.5. The first-order valence-corrected chi connectivity index (χ1v) is 12.2. The van der Waals surface area contributed by atoms with Gasteiger partial charge in [-0.3, -0.25) is 4.90 Å². The standard InChI is InChI=1S/C22H34F3NOSi/c1-17(16-28-21-11-9-20(10-12-21)22(23,24)25)8-6-4-5-7-13-26-14-18(2)27-19(3)15-26/h9-12,18-19H,1,4-8,13-16,28H2,2-3H3. The van der Waals surface area contributed by atoms with Gasteiger partial charge in [-0.2, -0.15) is 13.2 Å². The molecule has 2 rings (SSSR count). The van der Waals surface area contributed by atoms with Crippen molar-refractivity contribution in [1.82, 2.24) is 4.90 Å². The Hall–Kier alpha value is -1.11. The molecule has 2 atom stereocenters. The molecule has 1 aliphatic rings. The average molecular weight is 414 g/mol. The van der Waals surface area contributed by atoms with Crippen LogP contribution in [0.15, 0.2) is 36.4 Å². The lowest BCUT2D eigenvalue weighted by atomic mass is 10.1. The zero-order chi connectivity index (χ0) is 20.6. The average Bonchev–Trinajstić information content (AvgIpc) is 2.61. The highest BCUT2D eigenvalue weighted by molar-refractivity contribution is 6.54. The van der Waals surface area contributed by atoms with Gasteiger partial charge in [0.05, 0.1) is 27.3 Å². The van der Waals surface area contributed by atoms with Crippen LogP contribution in [0.3, 0.4) is 0 Å². The van der Waals surface area contributed by atoms with Crippen LogP contribution in [0.25, 0.3) is 0 Å². The Bertz CT molecular complexity index is 593. The number of allylic oxidation sites excluding steroid dienone is 1. The van der Waals surface area contributed by atoms with Gasteiger partial charge in [-0.15, -0.1) is 6.58 Å². The molecule has 0 saturated carbocycles. The summed E-state index contributed by atoms with van der Waals surface area (Å²) in [4.78, 5) is 2.51. The van der Waals surface area contributed by atoms with Gasteiger partial charge in [0.15, 0.2) is 0 Å². The van der Waals surface area contributed by atoms with Crippen LogP contribution in [0.2, 0.25) is 6.04 Å². The predicted octanol–water partition coefficient (Wildman–Crippen LogP) is 4.53. The third-order valence-corrected chi connectivity index (χ3v) is 7.30. The normalized spacial score (nSPS) is 21.5. The van der Waals surface area contributed by atoms with Gasteiger partial charge in [0.1, 0.15) is 0 Å². The molecule has 0 radical (unpaired) electrons. The van der Waals surface area contributed by atoms with Gasteiger partial charge in [-0.1, -0.05) is 47.9 Å². The van der Waals surface area contributed by atoms with Crippen molar-refractivity contribution in [2.75, 3.05) is 19.6 Å². The van der Waals surface area contributed by atoms with Crippen LogP contribution in [0.4, 0.5) is 13.2 Å². The molecule has 0 aliphatic carbocycles. The number of morpholine rings is 1. The molecule has 28 heavy (non-hydrogen) atoms. The second-order valence-electron chi connectivity index (χ2n) is 8.13. The van der Waals surface area contributed by atoms with E-state index < -0.39 is 21.3 Å². The molecular formula is C22H34F3NOSi. The maximum atomic E-state index is 12.6. The first kappa shape index (κ1) is 23.2. The summed E-state index contributed by atoms with van der Waals surface area (Å²) in [5.74, 6) is 0. The van der Waals surface area contributed by atoms with E-state index in [-0.39, 0.29) is 0 Å². The van der Waals surface area contributed by atoms with Crippen molar-refractivity contribution in [3.05, 3.63) is 42.0 Å². The van der Waals surface area contributed by atoms with Crippen molar-refractivity contribution < 1.29 is 17.9 Å². The fourth-order valence-corrected chi connectivity index (χ4v) is 5.30. The van der Waals surface area contributed by atoms with Crippen LogP contribution in [0.5, 0.6) is 0 Å². The highest BCUT2D eigenvalue weighted by atomic mass is 28.2. The van der Waals surface area contributed by atoms with E-state index in [1.807, 2.05) is 0 Å². The SMILES string of the molecule is C=C(CCCCCCN1CC(C)OC(C)C1)C[SiH2]c1ccc(C(F)(F)F)cc1. The van der Waals surface area contributed by atoms with Crippen molar-refractivity contribution in [3.63, 3.8) is 0 Å². The summed E-state index contributed by atoms with van der Waals surface area (Å²) in [6.45, 7) is 11.7. The monoisotopic (exact) mass is 413 g/mol. The van der Waals surface area contributed by atoms with Gasteiger partial charge in [-0.25, -0.2) is 0 Å². The Labute approximate surface area is 170 Å². The van der Waals surface area contributed by atoms with Gasteiger partial charge < -0.3 is 4.74 Å². The lowest BCUT2D eigenvalue weighted by Crippen LogP contribution is -2.45. The second-order valence-corrected chi connectivity index (χ2v) is 9.94. The molecule has 0 aromatic heterocycles. The van der Waals surface area contributed by atoms with Gasteiger partial charge in [0, 0.05) is 13.1 Å². The van der Waals surface area contributed by atoms with Crippen molar-refractivity contribution in [2.45, 2.75) is 70.4 Å². The minimum absolute atomic E-state index is 0.334. The number of alkyl halides is 3. The van der Waals surface area contributed by atoms with Crippen LogP contribution >= 0.6 is 0 Å². The van der Waals surface area contributed by atoms with Gasteiger partial charge in [0.25, 0.3) is 0 Å². The van der Waals surface area contributed by atoms with E-state index in [1.165, 1.54) is 37.0 Å². The summed E-state index contributed by atoms with van der Waals surface area (Å²) >= 11 is 0. The number of halogens is 3. The Morgan fingerprint density at radius 2 is 1.68 bits per heavy atom. The van der Waals surface area contributed by atoms with E-state index in [0.29, 0.717) is 12.2 Å². The summed E-state index contributed by atoms with van der Waals surface area (Å²) in [5, 5.41) is 1.07. The molecule has 0 amide bonds. The molecule has 6 heteroatoms. The van der Waals surface area contributed by atoms with Crippen LogP contribution in [0, 0.1) is 0 Å². The molecule has 1 aromatic rings. The fraction of sp³-hybridized carbons (Fsp3) is 0.636. The summed E-state index contributed by atoms with van der Waals surface area (Å²) in [6.07, 6.45) is 2.31. The Kier molecular flexibility index (Phi) is 9.24. The third-order valence-electron chi connectivity index (χ3n) is 5.30. The predicted molar refractivity (Wildman–Crippen MR) is 113 cm³/mol. The topological polar surface area (TPSA) is 12.5 Å². The first-order valence-electron chi connectivity index (χ1n) is 10.4. The molecule has 158 valence electrons. The third kappa shape index (κ3) is 8.49. The Morgan fingerprint density at radius 1 is 1.07 bits per heavy atom. The molecule has 0 spiro atoms. The number of rotatable bonds is 10. The number of ether oxygens (including phenoxy) is 1. The molecule has 2 unspecified atom stereocenters. The smallest absolute Gasteiger partial charge is 0.373 e. The highest BCUT2D eigenvalue weighted by Crippen LogP contribution is 2.28. The van der Waals surface area contributed by atoms with E-state index in [0.717, 1.165) is 43.7 Å². The lowest BCUT2D eigenvalue weighted by molar-refractivity contribution is -0.137. The highest BCUT2D eigenvalue weighted by Gasteiger charge is 2.29. The number of benzene rings is 1. The van der Waals surface area contributed by atoms with E-state index in [1.54, 1.807) is 12.1 Å². The summed E-state index contributed by atoms with van der Waals surface area (Å²) in [5.41, 5.74) is 0.687. The fourth-order valence-electron chi connectivity index (χ4n) is 3.84. The number of hydrogen-bond acceptors (Lipinski definition) is 2. The molecule has 1 fully saturated rings. The van der Waals surface area contributed by atoms with E-state index >= 15 is 0 Å². The number of hydrogen-bond donors (Lipinski definition) is 0. The van der Waals surface area contributed by atoms with Gasteiger partial charge in [-0.05, 0) is 45.7 Å². The maximum Gasteiger partial charge on any atom is 0.416 e. The summed E-state index contributed by atoms with van der Waals surface area (Å²) in [6, 6.07) is 6.64. The Balaban J connectivity index is 1.53. The van der Waals surface area contributed by atoms with Crippen molar-refractivity contribution in [1.29, 1.82) is 0 Å². The first-order chi connectivity index (χ1) is 13.2. The molecule has 0 bridgehead atoms. The number of nitrogens with zero attached hydrogens (tertiary/aromatic N) is 1. The quantitative estimate of drug-likeness (QED) is 0.317. The molecule has 2 nitrogen and oxygen atoms in total. The van der Waals surface area contributed by atoms with Crippen molar-refractivity contribution in [3.8, 4) is 0 Å². The zero-order valence-electron chi connectivity index (χ0n) is 17.2. The van der Waals surface area contributed by atoms with Gasteiger partial charge in [0.2, 0.25) is 0 Å². The molecular weight excluding hydrogens is 379 g/mol. The molecule has 1 saturated heterocycles. The van der Waals surface area contributed by atoms with Crippen LogP contribution in [-0.2, 0) is 10.9 Å². The van der Waals surface area contributed by atoms with E-state index in [4.69, 9.17) is 4.74 Å². The Morgan fingerprint density at radius 3 is 2.29 bits per heavy atom. The molecule has 1 aromatic carbocycles. The van der Waals surface area contributed by atoms with Crippen molar-refractivity contribution >= 4 is 14.7 Å². The van der Waals surface area contributed by atoms with E-state index in [9.17, 15) is 13.2 Å². The second kappa shape index (κ2) is 11.2. The maximum absolute atomic E-state index is 12.6.